The van der Waals surface area contributed by atoms with E-state index in [1.807, 2.05) is 4.68 Å². The minimum absolute atomic E-state index is 0.502. The first-order valence-electron chi connectivity index (χ1n) is 7.28. The van der Waals surface area contributed by atoms with E-state index in [4.69, 9.17) is 23.2 Å². The first kappa shape index (κ1) is 16.1. The summed E-state index contributed by atoms with van der Waals surface area (Å²) in [6.07, 6.45) is 2.75. The highest BCUT2D eigenvalue weighted by Crippen LogP contribution is 2.29. The summed E-state index contributed by atoms with van der Waals surface area (Å²) in [5, 5.41) is 8.82. The second kappa shape index (κ2) is 7.14. The van der Waals surface area contributed by atoms with Gasteiger partial charge in [0.25, 0.3) is 0 Å². The summed E-state index contributed by atoms with van der Waals surface area (Å²) in [6, 6.07) is 3.81. The third kappa shape index (κ3) is 3.50. The molecule has 2 aromatic rings. The van der Waals surface area contributed by atoms with Crippen molar-refractivity contribution in [3.8, 4) is 5.82 Å². The second-order valence-electron chi connectivity index (χ2n) is 4.80. The molecule has 0 aromatic carbocycles. The zero-order valence-corrected chi connectivity index (χ0v) is 14.1. The fourth-order valence-corrected chi connectivity index (χ4v) is 2.56. The molecule has 2 heterocycles. The Morgan fingerprint density at radius 2 is 1.86 bits per heavy atom. The van der Waals surface area contributed by atoms with Crippen LogP contribution in [-0.2, 0) is 12.8 Å². The lowest BCUT2D eigenvalue weighted by atomic mass is 10.2. The Morgan fingerprint density at radius 3 is 2.48 bits per heavy atom. The van der Waals surface area contributed by atoms with Crippen LogP contribution < -0.4 is 5.32 Å². The number of halogens is 2. The first-order chi connectivity index (χ1) is 10.1. The minimum Gasteiger partial charge on any atom is -0.369 e. The van der Waals surface area contributed by atoms with Crippen molar-refractivity contribution in [2.75, 3.05) is 11.9 Å². The van der Waals surface area contributed by atoms with Crippen LogP contribution in [-0.4, -0.2) is 21.3 Å². The maximum Gasteiger partial charge on any atom is 0.174 e. The molecule has 0 aliphatic heterocycles. The molecule has 0 spiro atoms. The quantitative estimate of drug-likeness (QED) is 0.848. The highest BCUT2D eigenvalue weighted by molar-refractivity contribution is 6.36. The third-order valence-electron chi connectivity index (χ3n) is 3.21. The lowest BCUT2D eigenvalue weighted by Crippen LogP contribution is -2.09. The second-order valence-corrected chi connectivity index (χ2v) is 5.61. The Bertz CT molecular complexity index is 622. The van der Waals surface area contributed by atoms with Crippen molar-refractivity contribution >= 4 is 29.0 Å². The van der Waals surface area contributed by atoms with E-state index in [1.165, 1.54) is 0 Å². The van der Waals surface area contributed by atoms with Gasteiger partial charge in [0, 0.05) is 12.2 Å². The van der Waals surface area contributed by atoms with Crippen molar-refractivity contribution in [3.05, 3.63) is 33.6 Å². The molecule has 1 N–H and O–H groups in total. The van der Waals surface area contributed by atoms with Crippen LogP contribution in [0.3, 0.4) is 0 Å². The molecule has 21 heavy (non-hydrogen) atoms. The fourth-order valence-electron chi connectivity index (χ4n) is 2.06. The molecule has 0 unspecified atom stereocenters. The van der Waals surface area contributed by atoms with E-state index in [-0.39, 0.29) is 0 Å². The first-order valence-corrected chi connectivity index (χ1v) is 8.04. The number of nitrogens with one attached hydrogen (secondary N) is 1. The predicted molar refractivity (Wildman–Crippen MR) is 88.9 cm³/mol. The number of anilines is 1. The summed E-state index contributed by atoms with van der Waals surface area (Å²) in [4.78, 5) is 4.56. The summed E-state index contributed by atoms with van der Waals surface area (Å²) in [5.74, 6) is 1.27. The molecule has 0 saturated carbocycles. The van der Waals surface area contributed by atoms with E-state index in [0.717, 1.165) is 37.2 Å². The molecule has 2 aromatic heterocycles. The fraction of sp³-hybridized carbons (Fsp3) is 0.467. The van der Waals surface area contributed by atoms with E-state index in [9.17, 15) is 0 Å². The Kier molecular flexibility index (Phi) is 5.48. The monoisotopic (exact) mass is 326 g/mol. The van der Waals surface area contributed by atoms with Crippen molar-refractivity contribution in [1.82, 2.24) is 14.8 Å². The standard InChI is InChI=1S/C15H20Cl2N4/c1-4-7-18-14-12(16)9-13(17)15(19-14)21-11(6-3)8-10(5-2)20-21/h8-9H,4-7H2,1-3H3,(H,18,19). The molecule has 6 heteroatoms. The maximum atomic E-state index is 6.32. The van der Waals surface area contributed by atoms with Gasteiger partial charge in [-0.15, -0.1) is 0 Å². The van der Waals surface area contributed by atoms with Crippen molar-refractivity contribution in [1.29, 1.82) is 0 Å². The summed E-state index contributed by atoms with van der Waals surface area (Å²) < 4.78 is 1.81. The van der Waals surface area contributed by atoms with Crippen LogP contribution in [0.1, 0.15) is 38.6 Å². The molecular weight excluding hydrogens is 307 g/mol. The summed E-state index contributed by atoms with van der Waals surface area (Å²) in [6.45, 7) is 7.08. The highest BCUT2D eigenvalue weighted by atomic mass is 35.5. The largest absolute Gasteiger partial charge is 0.369 e. The SMILES string of the molecule is CCCNc1nc(-n2nc(CC)cc2CC)c(Cl)cc1Cl. The van der Waals surface area contributed by atoms with Crippen LogP contribution in [0.5, 0.6) is 0 Å². The van der Waals surface area contributed by atoms with Crippen LogP contribution >= 0.6 is 23.2 Å². The molecule has 114 valence electrons. The number of hydrogen-bond donors (Lipinski definition) is 1. The lowest BCUT2D eigenvalue weighted by molar-refractivity contribution is 0.772. The van der Waals surface area contributed by atoms with Crippen LogP contribution in [0.15, 0.2) is 12.1 Å². The average Bonchev–Trinajstić information content (AvgIpc) is 2.89. The molecule has 0 atom stereocenters. The van der Waals surface area contributed by atoms with Gasteiger partial charge >= 0.3 is 0 Å². The molecule has 0 bridgehead atoms. The van der Waals surface area contributed by atoms with Crippen molar-refractivity contribution in [2.24, 2.45) is 0 Å². The van der Waals surface area contributed by atoms with Crippen LogP contribution in [0.4, 0.5) is 5.82 Å². The van der Waals surface area contributed by atoms with Gasteiger partial charge in [0.15, 0.2) is 5.82 Å². The molecule has 4 nitrogen and oxygen atoms in total. The minimum atomic E-state index is 0.502. The van der Waals surface area contributed by atoms with Gasteiger partial charge in [-0.2, -0.15) is 5.10 Å². The van der Waals surface area contributed by atoms with Gasteiger partial charge in [0.1, 0.15) is 5.82 Å². The Morgan fingerprint density at radius 1 is 1.10 bits per heavy atom. The average molecular weight is 327 g/mol. The number of aromatic nitrogens is 3. The van der Waals surface area contributed by atoms with E-state index in [2.05, 4.69) is 42.2 Å². The van der Waals surface area contributed by atoms with Crippen molar-refractivity contribution in [3.63, 3.8) is 0 Å². The van der Waals surface area contributed by atoms with Gasteiger partial charge in [-0.3, -0.25) is 0 Å². The highest BCUT2D eigenvalue weighted by Gasteiger charge is 2.15. The van der Waals surface area contributed by atoms with Gasteiger partial charge in [0.05, 0.1) is 15.7 Å². The van der Waals surface area contributed by atoms with Gasteiger partial charge in [-0.1, -0.05) is 44.0 Å². The predicted octanol–water partition coefficient (Wildman–Crippen LogP) is 4.52. The van der Waals surface area contributed by atoms with E-state index >= 15 is 0 Å². The molecule has 0 aliphatic rings. The molecule has 0 saturated heterocycles. The topological polar surface area (TPSA) is 42.7 Å². The number of pyridine rings is 1. The lowest BCUT2D eigenvalue weighted by Gasteiger charge is -2.12. The maximum absolute atomic E-state index is 6.32. The number of hydrogen-bond acceptors (Lipinski definition) is 3. The molecule has 2 rings (SSSR count). The number of rotatable bonds is 6. The zero-order chi connectivity index (χ0) is 15.4. The molecule has 0 aliphatic carbocycles. The normalized spacial score (nSPS) is 10.9. The van der Waals surface area contributed by atoms with Crippen LogP contribution in [0.2, 0.25) is 10.0 Å². The zero-order valence-electron chi connectivity index (χ0n) is 12.6. The third-order valence-corrected chi connectivity index (χ3v) is 3.78. The van der Waals surface area contributed by atoms with E-state index in [0.29, 0.717) is 21.7 Å². The van der Waals surface area contributed by atoms with Gasteiger partial charge < -0.3 is 5.32 Å². The Balaban J connectivity index is 2.49. The Labute approximate surface area is 135 Å². The number of aryl methyl sites for hydroxylation is 2. The number of nitrogens with zero attached hydrogens (tertiary/aromatic N) is 3. The van der Waals surface area contributed by atoms with E-state index < -0.39 is 0 Å². The van der Waals surface area contributed by atoms with Gasteiger partial charge in [-0.05, 0) is 31.4 Å². The van der Waals surface area contributed by atoms with E-state index in [1.54, 1.807) is 6.07 Å². The van der Waals surface area contributed by atoms with Crippen LogP contribution in [0.25, 0.3) is 5.82 Å². The van der Waals surface area contributed by atoms with Crippen LogP contribution in [0, 0.1) is 0 Å². The van der Waals surface area contributed by atoms with Gasteiger partial charge in [-0.25, -0.2) is 9.67 Å². The summed E-state index contributed by atoms with van der Waals surface area (Å²) >= 11 is 12.5. The van der Waals surface area contributed by atoms with Crippen molar-refractivity contribution < 1.29 is 0 Å². The smallest absolute Gasteiger partial charge is 0.174 e. The molecular formula is C15H20Cl2N4. The Hall–Kier alpha value is -1.26. The molecule has 0 radical (unpaired) electrons. The summed E-state index contributed by atoms with van der Waals surface area (Å²) in [5.41, 5.74) is 2.12. The van der Waals surface area contributed by atoms with Gasteiger partial charge in [0.2, 0.25) is 0 Å². The summed E-state index contributed by atoms with van der Waals surface area (Å²) in [7, 11) is 0. The molecule has 0 amide bonds. The molecule has 0 fully saturated rings. The van der Waals surface area contributed by atoms with Crippen molar-refractivity contribution in [2.45, 2.75) is 40.0 Å².